The van der Waals surface area contributed by atoms with Crippen molar-refractivity contribution >= 4 is 23.4 Å². The van der Waals surface area contributed by atoms with E-state index in [0.29, 0.717) is 10.9 Å². The van der Waals surface area contributed by atoms with Crippen LogP contribution in [0.2, 0.25) is 5.02 Å². The number of hydrogen-bond acceptors (Lipinski definition) is 4. The molecule has 0 saturated carbocycles. The van der Waals surface area contributed by atoms with Crippen LogP contribution in [0.4, 0.5) is 0 Å². The third kappa shape index (κ3) is 3.97. The quantitative estimate of drug-likeness (QED) is 0.509. The molecular weight excluding hydrogens is 352 g/mol. The molecule has 128 valence electrons. The summed E-state index contributed by atoms with van der Waals surface area (Å²) in [6.07, 6.45) is 5.37. The molecular formula is C20H19ClN2OS. The van der Waals surface area contributed by atoms with Gasteiger partial charge in [-0.2, -0.15) is 0 Å². The minimum Gasteiger partial charge on any atom is -0.437 e. The lowest BCUT2D eigenvalue weighted by Gasteiger charge is -2.15. The average Bonchev–Trinajstić information content (AvgIpc) is 2.58. The molecule has 0 saturated heterocycles. The van der Waals surface area contributed by atoms with Crippen molar-refractivity contribution in [2.45, 2.75) is 25.7 Å². The van der Waals surface area contributed by atoms with Gasteiger partial charge in [-0.25, -0.2) is 4.98 Å². The third-order valence-corrected chi connectivity index (χ3v) is 4.81. The van der Waals surface area contributed by atoms with Crippen LogP contribution in [-0.2, 0) is 0 Å². The van der Waals surface area contributed by atoms with Crippen molar-refractivity contribution in [3.8, 4) is 22.9 Å². The van der Waals surface area contributed by atoms with Crippen molar-refractivity contribution in [3.05, 3.63) is 64.4 Å². The molecule has 0 bridgehead atoms. The monoisotopic (exact) mass is 370 g/mol. The first-order chi connectivity index (χ1) is 12.0. The van der Waals surface area contributed by atoms with E-state index in [1.165, 1.54) is 5.56 Å². The largest absolute Gasteiger partial charge is 0.437 e. The van der Waals surface area contributed by atoms with Crippen molar-refractivity contribution in [1.82, 2.24) is 9.97 Å². The van der Waals surface area contributed by atoms with Crippen molar-refractivity contribution in [2.24, 2.45) is 0 Å². The lowest BCUT2D eigenvalue weighted by Crippen LogP contribution is -1.97. The van der Waals surface area contributed by atoms with E-state index in [1.54, 1.807) is 24.2 Å². The van der Waals surface area contributed by atoms with Crippen LogP contribution in [0.25, 0.3) is 11.3 Å². The van der Waals surface area contributed by atoms with E-state index in [4.69, 9.17) is 21.3 Å². The molecule has 0 fully saturated rings. The van der Waals surface area contributed by atoms with Crippen molar-refractivity contribution in [2.75, 3.05) is 6.26 Å². The van der Waals surface area contributed by atoms with Crippen LogP contribution in [0, 0.1) is 20.8 Å². The van der Waals surface area contributed by atoms with Gasteiger partial charge in [0.15, 0.2) is 0 Å². The molecule has 0 unspecified atom stereocenters. The topological polar surface area (TPSA) is 35.0 Å². The Kier molecular flexibility index (Phi) is 5.30. The number of rotatable bonds is 4. The summed E-state index contributed by atoms with van der Waals surface area (Å²) in [5.74, 6) is 1.45. The molecule has 2 aromatic heterocycles. The standard InChI is InChI=1S/C20H19ClN2OS/c1-12-7-13(2)19(14(3)8-12)24-20-18(25-4)6-5-17(23-20)15-9-16(21)11-22-10-15/h5-11H,1-4H3. The van der Waals surface area contributed by atoms with Gasteiger partial charge in [0, 0.05) is 18.0 Å². The van der Waals surface area contributed by atoms with Crippen molar-refractivity contribution in [3.63, 3.8) is 0 Å². The zero-order valence-electron chi connectivity index (χ0n) is 14.6. The van der Waals surface area contributed by atoms with Gasteiger partial charge in [-0.1, -0.05) is 29.3 Å². The molecule has 25 heavy (non-hydrogen) atoms. The van der Waals surface area contributed by atoms with E-state index >= 15 is 0 Å². The SMILES string of the molecule is CSc1ccc(-c2cncc(Cl)c2)nc1Oc1c(C)cc(C)cc1C. The highest BCUT2D eigenvalue weighted by molar-refractivity contribution is 7.98. The van der Waals surface area contributed by atoms with E-state index < -0.39 is 0 Å². The van der Waals surface area contributed by atoms with Gasteiger partial charge >= 0.3 is 0 Å². The first-order valence-electron chi connectivity index (χ1n) is 7.89. The molecule has 0 atom stereocenters. The average molecular weight is 371 g/mol. The maximum Gasteiger partial charge on any atom is 0.233 e. The van der Waals surface area contributed by atoms with E-state index in [9.17, 15) is 0 Å². The summed E-state index contributed by atoms with van der Waals surface area (Å²) in [6.45, 7) is 6.19. The van der Waals surface area contributed by atoms with Gasteiger partial charge in [0.2, 0.25) is 5.88 Å². The molecule has 5 heteroatoms. The Morgan fingerprint density at radius 1 is 1.00 bits per heavy atom. The number of pyridine rings is 2. The predicted octanol–water partition coefficient (Wildman–Crippen LogP) is 6.24. The number of aryl methyl sites for hydroxylation is 3. The minimum absolute atomic E-state index is 0.584. The molecule has 0 aliphatic rings. The molecule has 0 spiro atoms. The van der Waals surface area contributed by atoms with Gasteiger partial charge in [-0.15, -0.1) is 11.8 Å². The summed E-state index contributed by atoms with van der Waals surface area (Å²) in [5.41, 5.74) is 5.06. The molecule has 0 radical (unpaired) electrons. The van der Waals surface area contributed by atoms with Crippen LogP contribution in [0.1, 0.15) is 16.7 Å². The molecule has 0 N–H and O–H groups in total. The van der Waals surface area contributed by atoms with Crippen LogP contribution >= 0.6 is 23.4 Å². The predicted molar refractivity (Wildman–Crippen MR) is 105 cm³/mol. The Morgan fingerprint density at radius 2 is 1.72 bits per heavy atom. The molecule has 0 amide bonds. The summed E-state index contributed by atoms with van der Waals surface area (Å²) in [5, 5.41) is 0.584. The zero-order valence-corrected chi connectivity index (χ0v) is 16.2. The fraction of sp³-hybridized carbons (Fsp3) is 0.200. The number of ether oxygens (including phenoxy) is 1. The second kappa shape index (κ2) is 7.46. The lowest BCUT2D eigenvalue weighted by atomic mass is 10.1. The maximum absolute atomic E-state index is 6.22. The highest BCUT2D eigenvalue weighted by Gasteiger charge is 2.13. The summed E-state index contributed by atoms with van der Waals surface area (Å²) in [4.78, 5) is 9.83. The Labute approximate surface area is 157 Å². The molecule has 1 aromatic carbocycles. The van der Waals surface area contributed by atoms with E-state index in [2.05, 4.69) is 37.9 Å². The fourth-order valence-corrected chi connectivity index (χ4v) is 3.43. The van der Waals surface area contributed by atoms with Crippen LogP contribution in [0.15, 0.2) is 47.6 Å². The smallest absolute Gasteiger partial charge is 0.233 e. The fourth-order valence-electron chi connectivity index (χ4n) is 2.79. The molecule has 0 aliphatic heterocycles. The number of thioether (sulfide) groups is 1. The number of aromatic nitrogens is 2. The Hall–Kier alpha value is -2.04. The zero-order chi connectivity index (χ0) is 18.0. The Balaban J connectivity index is 2.05. The minimum atomic E-state index is 0.584. The van der Waals surface area contributed by atoms with E-state index in [0.717, 1.165) is 33.0 Å². The summed E-state index contributed by atoms with van der Waals surface area (Å²) < 4.78 is 6.22. The van der Waals surface area contributed by atoms with Gasteiger partial charge < -0.3 is 4.74 Å². The Morgan fingerprint density at radius 3 is 2.36 bits per heavy atom. The molecule has 0 aliphatic carbocycles. The molecule has 3 nitrogen and oxygen atoms in total. The second-order valence-corrected chi connectivity index (χ2v) is 7.21. The maximum atomic E-state index is 6.22. The van der Waals surface area contributed by atoms with Crippen molar-refractivity contribution in [1.29, 1.82) is 0 Å². The first-order valence-corrected chi connectivity index (χ1v) is 9.50. The second-order valence-electron chi connectivity index (χ2n) is 5.93. The molecule has 3 rings (SSSR count). The number of hydrogen-bond donors (Lipinski definition) is 0. The molecule has 3 aromatic rings. The van der Waals surface area contributed by atoms with Crippen LogP contribution in [0.3, 0.4) is 0 Å². The number of nitrogens with zero attached hydrogens (tertiary/aromatic N) is 2. The highest BCUT2D eigenvalue weighted by atomic mass is 35.5. The van der Waals surface area contributed by atoms with Gasteiger partial charge in [0.1, 0.15) is 5.75 Å². The van der Waals surface area contributed by atoms with Gasteiger partial charge in [0.05, 0.1) is 15.6 Å². The lowest BCUT2D eigenvalue weighted by molar-refractivity contribution is 0.444. The van der Waals surface area contributed by atoms with Crippen molar-refractivity contribution < 1.29 is 4.74 Å². The van der Waals surface area contributed by atoms with E-state index in [1.807, 2.05) is 24.5 Å². The number of halogens is 1. The van der Waals surface area contributed by atoms with Gasteiger partial charge in [-0.05, 0) is 56.4 Å². The first kappa shape index (κ1) is 17.8. The summed E-state index contributed by atoms with van der Waals surface area (Å²) in [7, 11) is 0. The number of benzene rings is 1. The van der Waals surface area contributed by atoms with Crippen LogP contribution < -0.4 is 4.74 Å². The van der Waals surface area contributed by atoms with Crippen LogP contribution in [-0.4, -0.2) is 16.2 Å². The third-order valence-electron chi connectivity index (χ3n) is 3.85. The summed E-state index contributed by atoms with van der Waals surface area (Å²) >= 11 is 7.66. The Bertz CT molecular complexity index is 904. The van der Waals surface area contributed by atoms with E-state index in [-0.39, 0.29) is 0 Å². The van der Waals surface area contributed by atoms with Crippen LogP contribution in [0.5, 0.6) is 11.6 Å². The van der Waals surface area contributed by atoms with Gasteiger partial charge in [0.25, 0.3) is 0 Å². The molecule has 2 heterocycles. The normalized spacial score (nSPS) is 10.8. The highest BCUT2D eigenvalue weighted by Crippen LogP contribution is 2.35. The van der Waals surface area contributed by atoms with Gasteiger partial charge in [-0.3, -0.25) is 4.98 Å². The summed E-state index contributed by atoms with van der Waals surface area (Å²) in [6, 6.07) is 10.1.